The Hall–Kier alpha value is -2.77. The van der Waals surface area contributed by atoms with Crippen LogP contribution in [0.25, 0.3) is 28.0 Å². The van der Waals surface area contributed by atoms with E-state index in [4.69, 9.17) is 14.4 Å². The number of halogens is 3. The van der Waals surface area contributed by atoms with Crippen LogP contribution in [0.15, 0.2) is 60.8 Å². The summed E-state index contributed by atoms with van der Waals surface area (Å²) >= 11 is -1.58. The number of hydrogen-bond acceptors (Lipinski definition) is 6. The fraction of sp³-hybridized carbons (Fsp3) is 0.469. The highest BCUT2D eigenvalue weighted by Gasteiger charge is 2.37. The lowest BCUT2D eigenvalue weighted by Gasteiger charge is -2.36. The van der Waals surface area contributed by atoms with Gasteiger partial charge in [0.25, 0.3) is 0 Å². The second kappa shape index (κ2) is 12.9. The quantitative estimate of drug-likeness (QED) is 0.138. The summed E-state index contributed by atoms with van der Waals surface area (Å²) in [6.45, 7) is 16.7. The standard InChI is InChI=1S/C32H42F3N5O2SSi/c1-30(2,3)43(41)39-27(17-18-32(33,34)35)26-13-10-12-25(38-26)22-15-16-23-20-36-40(28(23)19-22)29-14-9-11-24(37-29)21-42-44(7,8)31(4,5)6/h9-16,19-20,27,39H,17-18,21H2,1-8H3/t27-,43+/m0/s1. The lowest BCUT2D eigenvalue weighted by atomic mass is 10.1. The molecule has 0 saturated heterocycles. The van der Waals surface area contributed by atoms with Gasteiger partial charge in [-0.2, -0.15) is 18.3 Å². The summed E-state index contributed by atoms with van der Waals surface area (Å²) < 4.78 is 62.7. The van der Waals surface area contributed by atoms with Gasteiger partial charge in [-0.25, -0.2) is 9.67 Å². The highest BCUT2D eigenvalue weighted by molar-refractivity contribution is 7.90. The highest BCUT2D eigenvalue weighted by atomic mass is 32.2. The molecule has 0 radical (unpaired) electrons. The van der Waals surface area contributed by atoms with E-state index in [-0.39, 0.29) is 11.5 Å². The molecule has 7 nitrogen and oxygen atoms in total. The number of benzene rings is 1. The van der Waals surface area contributed by atoms with Crippen LogP contribution in [-0.2, 0) is 22.4 Å². The second-order valence-electron chi connectivity index (χ2n) is 13.5. The Morgan fingerprint density at radius 1 is 0.977 bits per heavy atom. The van der Waals surface area contributed by atoms with Crippen molar-refractivity contribution in [2.24, 2.45) is 0 Å². The van der Waals surface area contributed by atoms with Crippen LogP contribution in [0.1, 0.15) is 71.8 Å². The number of fused-ring (bicyclic) bond motifs is 1. The number of nitrogens with zero attached hydrogens (tertiary/aromatic N) is 4. The van der Waals surface area contributed by atoms with Gasteiger partial charge in [0.2, 0.25) is 0 Å². The molecule has 0 aliphatic heterocycles. The van der Waals surface area contributed by atoms with E-state index in [0.717, 1.165) is 22.2 Å². The maximum Gasteiger partial charge on any atom is 0.389 e. The van der Waals surface area contributed by atoms with Crippen LogP contribution in [0.5, 0.6) is 0 Å². The number of pyridine rings is 2. The Balaban J connectivity index is 1.64. The predicted molar refractivity (Wildman–Crippen MR) is 173 cm³/mol. The van der Waals surface area contributed by atoms with Crippen LogP contribution < -0.4 is 4.72 Å². The molecule has 3 heterocycles. The molecular formula is C32H42F3N5O2SSi. The van der Waals surface area contributed by atoms with Crippen molar-refractivity contribution in [2.75, 3.05) is 0 Å². The molecule has 0 aliphatic carbocycles. The minimum atomic E-state index is -4.34. The Kier molecular flexibility index (Phi) is 10.0. The van der Waals surface area contributed by atoms with Gasteiger partial charge in [-0.3, -0.25) is 4.98 Å². The third-order valence-corrected chi connectivity index (χ3v) is 14.0. The largest absolute Gasteiger partial charge is 0.598 e. The zero-order valence-electron chi connectivity index (χ0n) is 26.6. The maximum absolute atomic E-state index is 13.2. The molecule has 0 aliphatic rings. The van der Waals surface area contributed by atoms with Crippen molar-refractivity contribution in [1.82, 2.24) is 24.5 Å². The van der Waals surface area contributed by atoms with Crippen molar-refractivity contribution < 1.29 is 22.2 Å². The molecule has 0 unspecified atom stereocenters. The molecule has 12 heteroatoms. The molecule has 0 bridgehead atoms. The summed E-state index contributed by atoms with van der Waals surface area (Å²) in [5.74, 6) is 0.649. The van der Waals surface area contributed by atoms with Crippen LogP contribution in [0, 0.1) is 0 Å². The van der Waals surface area contributed by atoms with Gasteiger partial charge >= 0.3 is 6.18 Å². The number of rotatable bonds is 10. The zero-order chi connectivity index (χ0) is 32.5. The Bertz CT molecular complexity index is 1580. The van der Waals surface area contributed by atoms with Crippen LogP contribution in [0.4, 0.5) is 13.2 Å². The van der Waals surface area contributed by atoms with E-state index in [0.29, 0.717) is 23.8 Å². The summed E-state index contributed by atoms with van der Waals surface area (Å²) in [4.78, 5) is 9.56. The normalized spacial score (nSPS) is 14.6. The first-order valence-electron chi connectivity index (χ1n) is 14.6. The molecule has 4 aromatic rings. The fourth-order valence-corrected chi connectivity index (χ4v) is 5.98. The first kappa shape index (κ1) is 34.1. The van der Waals surface area contributed by atoms with Crippen LogP contribution in [0.3, 0.4) is 0 Å². The van der Waals surface area contributed by atoms with Crippen molar-refractivity contribution in [2.45, 2.75) is 96.1 Å². The van der Waals surface area contributed by atoms with Crippen molar-refractivity contribution in [3.63, 3.8) is 0 Å². The average Bonchev–Trinajstić information content (AvgIpc) is 3.36. The third-order valence-electron chi connectivity index (χ3n) is 7.91. The topological polar surface area (TPSA) is 87.9 Å². The lowest BCUT2D eigenvalue weighted by molar-refractivity contribution is -0.136. The first-order chi connectivity index (χ1) is 20.3. The molecular weight excluding hydrogens is 604 g/mol. The van der Waals surface area contributed by atoms with Crippen molar-refractivity contribution in [1.29, 1.82) is 0 Å². The number of nitrogens with one attached hydrogen (secondary N) is 1. The minimum absolute atomic E-state index is 0.0859. The van der Waals surface area contributed by atoms with E-state index in [1.807, 2.05) is 42.5 Å². The van der Waals surface area contributed by atoms with Gasteiger partial charge in [-0.05, 0) is 75.7 Å². The number of aromatic nitrogens is 4. The number of hydrogen-bond donors (Lipinski definition) is 1. The molecule has 2 atom stereocenters. The Morgan fingerprint density at radius 3 is 2.34 bits per heavy atom. The minimum Gasteiger partial charge on any atom is -0.598 e. The second-order valence-corrected chi connectivity index (χ2v) is 20.3. The summed E-state index contributed by atoms with van der Waals surface area (Å²) in [7, 11) is -1.95. The Labute approximate surface area is 262 Å². The zero-order valence-corrected chi connectivity index (χ0v) is 28.4. The first-order valence-corrected chi connectivity index (χ1v) is 18.7. The monoisotopic (exact) mass is 645 g/mol. The smallest absolute Gasteiger partial charge is 0.389 e. The molecule has 238 valence electrons. The average molecular weight is 646 g/mol. The lowest BCUT2D eigenvalue weighted by Crippen LogP contribution is -2.41. The van der Waals surface area contributed by atoms with E-state index in [1.54, 1.807) is 43.8 Å². The van der Waals surface area contributed by atoms with E-state index < -0.39 is 43.1 Å². The third kappa shape index (κ3) is 8.48. The van der Waals surface area contributed by atoms with Crippen LogP contribution >= 0.6 is 0 Å². The van der Waals surface area contributed by atoms with Crippen molar-refractivity contribution in [3.05, 3.63) is 72.2 Å². The molecule has 0 saturated carbocycles. The van der Waals surface area contributed by atoms with Crippen LogP contribution in [-0.4, -0.2) is 43.5 Å². The van der Waals surface area contributed by atoms with Crippen molar-refractivity contribution in [3.8, 4) is 17.1 Å². The molecule has 1 aromatic carbocycles. The molecule has 4 rings (SSSR count). The summed E-state index contributed by atoms with van der Waals surface area (Å²) in [5, 5.41) is 5.58. The molecule has 1 N–H and O–H groups in total. The van der Waals surface area contributed by atoms with E-state index in [9.17, 15) is 17.7 Å². The Morgan fingerprint density at radius 2 is 1.68 bits per heavy atom. The molecule has 3 aromatic heterocycles. The van der Waals surface area contributed by atoms with E-state index >= 15 is 0 Å². The summed E-state index contributed by atoms with van der Waals surface area (Å²) in [5.41, 5.74) is 3.37. The van der Waals surface area contributed by atoms with Gasteiger partial charge in [-0.15, -0.1) is 4.72 Å². The summed E-state index contributed by atoms with van der Waals surface area (Å²) in [6, 6.07) is 15.9. The molecule has 0 amide bonds. The van der Waals surface area contributed by atoms with Crippen LogP contribution in [0.2, 0.25) is 18.1 Å². The van der Waals surface area contributed by atoms with Gasteiger partial charge in [-0.1, -0.05) is 45.0 Å². The van der Waals surface area contributed by atoms with Gasteiger partial charge in [0.1, 0.15) is 4.75 Å². The van der Waals surface area contributed by atoms with E-state index in [1.165, 1.54) is 0 Å². The summed E-state index contributed by atoms with van der Waals surface area (Å²) in [6.07, 6.45) is -3.88. The maximum atomic E-state index is 13.2. The highest BCUT2D eigenvalue weighted by Crippen LogP contribution is 2.37. The van der Waals surface area contributed by atoms with Crippen molar-refractivity contribution >= 4 is 30.6 Å². The van der Waals surface area contributed by atoms with Gasteiger partial charge < -0.3 is 8.98 Å². The predicted octanol–water partition coefficient (Wildman–Crippen LogP) is 8.44. The van der Waals surface area contributed by atoms with E-state index in [2.05, 4.69) is 43.7 Å². The van der Waals surface area contributed by atoms with Gasteiger partial charge in [0, 0.05) is 28.7 Å². The number of alkyl halides is 3. The SMILES string of the molecule is CC(C)(C)[S@@+]([O-])N[C@@H](CCC(F)(F)F)c1cccc(-c2ccc3cnn(-c4cccc(CO[Si](C)(C)C(C)(C)C)n4)c3c2)n1. The van der Waals surface area contributed by atoms with Gasteiger partial charge in [0.15, 0.2) is 14.1 Å². The fourth-order valence-electron chi connectivity index (χ4n) is 4.18. The van der Waals surface area contributed by atoms with Gasteiger partial charge in [0.05, 0.1) is 41.4 Å². The molecule has 0 fully saturated rings. The molecule has 44 heavy (non-hydrogen) atoms. The molecule has 0 spiro atoms.